The van der Waals surface area contributed by atoms with Crippen LogP contribution in [-0.4, -0.2) is 44.8 Å². The summed E-state index contributed by atoms with van der Waals surface area (Å²) in [4.78, 5) is 24.0. The summed E-state index contributed by atoms with van der Waals surface area (Å²) in [5.41, 5.74) is 4.28. The van der Waals surface area contributed by atoms with E-state index in [-0.39, 0.29) is 30.4 Å². The van der Waals surface area contributed by atoms with Crippen LogP contribution in [-0.2, 0) is 19.6 Å². The number of sulfonamides is 1. The number of benzene rings is 3. The second-order valence-electron chi connectivity index (χ2n) is 8.71. The predicted molar refractivity (Wildman–Crippen MR) is 135 cm³/mol. The van der Waals surface area contributed by atoms with Crippen LogP contribution in [0.4, 0.5) is 9.18 Å². The number of ether oxygens (including phenoxy) is 1. The standard InChI is InChI=1S/C27H27FN2O6S/c28-18-12-14-19(15-13-18)37(34,35)29-16-6-5-11-25(26(31)32)30-27(33)36-17-24-22-9-3-1-7-20(22)21-8-2-4-10-23(21)24/h1-4,7-10,12-15,24-25,29H,5-6,11,16-17H2,(H,30,33)(H,31,32)/t25-/m0/s1. The van der Waals surface area contributed by atoms with Crippen LogP contribution in [0, 0.1) is 5.82 Å². The molecule has 3 aromatic rings. The molecule has 1 aliphatic carbocycles. The molecule has 1 atom stereocenters. The van der Waals surface area contributed by atoms with Gasteiger partial charge in [0.2, 0.25) is 10.0 Å². The normalized spacial score (nSPS) is 13.4. The number of hydrogen-bond donors (Lipinski definition) is 3. The van der Waals surface area contributed by atoms with Gasteiger partial charge in [0.05, 0.1) is 4.90 Å². The lowest BCUT2D eigenvalue weighted by atomic mass is 9.98. The van der Waals surface area contributed by atoms with Crippen molar-refractivity contribution in [1.82, 2.24) is 10.0 Å². The van der Waals surface area contributed by atoms with Crippen molar-refractivity contribution >= 4 is 22.1 Å². The van der Waals surface area contributed by atoms with Crippen molar-refractivity contribution in [2.24, 2.45) is 0 Å². The summed E-state index contributed by atoms with van der Waals surface area (Å²) in [6.45, 7) is 0.133. The molecule has 1 amide bonds. The third-order valence-corrected chi connectivity index (χ3v) is 7.75. The molecule has 0 aromatic heterocycles. The monoisotopic (exact) mass is 526 g/mol. The van der Waals surface area contributed by atoms with E-state index >= 15 is 0 Å². The molecule has 0 radical (unpaired) electrons. The Morgan fingerprint density at radius 1 is 0.919 bits per heavy atom. The number of nitrogens with one attached hydrogen (secondary N) is 2. The van der Waals surface area contributed by atoms with Gasteiger partial charge in [0.15, 0.2) is 0 Å². The lowest BCUT2D eigenvalue weighted by molar-refractivity contribution is -0.139. The summed E-state index contributed by atoms with van der Waals surface area (Å²) in [5.74, 6) is -1.89. The number of carbonyl (C=O) groups is 2. The number of rotatable bonds is 11. The Hall–Kier alpha value is -3.76. The number of carboxylic acids is 1. The third kappa shape index (κ3) is 6.33. The molecule has 0 spiro atoms. The molecule has 4 rings (SSSR count). The molecule has 10 heteroatoms. The molecule has 0 unspecified atom stereocenters. The van der Waals surface area contributed by atoms with E-state index in [9.17, 15) is 27.5 Å². The molecule has 0 saturated heterocycles. The van der Waals surface area contributed by atoms with Crippen LogP contribution >= 0.6 is 0 Å². The molecule has 0 saturated carbocycles. The van der Waals surface area contributed by atoms with E-state index in [2.05, 4.69) is 10.0 Å². The van der Waals surface area contributed by atoms with Gasteiger partial charge in [0.1, 0.15) is 18.5 Å². The number of fused-ring (bicyclic) bond motifs is 3. The van der Waals surface area contributed by atoms with E-state index in [0.29, 0.717) is 12.8 Å². The quantitative estimate of drug-likeness (QED) is 0.321. The number of carbonyl (C=O) groups excluding carboxylic acids is 1. The van der Waals surface area contributed by atoms with Crippen LogP contribution < -0.4 is 10.0 Å². The first-order valence-electron chi connectivity index (χ1n) is 11.9. The summed E-state index contributed by atoms with van der Waals surface area (Å²) < 4.78 is 45.3. The van der Waals surface area contributed by atoms with Crippen LogP contribution in [0.1, 0.15) is 36.3 Å². The number of aliphatic carboxylic acids is 1. The molecule has 3 aromatic carbocycles. The fraction of sp³-hybridized carbons (Fsp3) is 0.259. The zero-order chi connectivity index (χ0) is 26.4. The summed E-state index contributed by atoms with van der Waals surface area (Å²) in [7, 11) is -3.79. The molecule has 0 bridgehead atoms. The minimum Gasteiger partial charge on any atom is -0.480 e. The SMILES string of the molecule is O=C(N[C@@H](CCCCNS(=O)(=O)c1ccc(F)cc1)C(=O)O)OCC1c2ccccc2-c2ccccc21. The second-order valence-corrected chi connectivity index (χ2v) is 10.5. The number of unbranched alkanes of at least 4 members (excludes halogenated alkanes) is 1. The Labute approximate surface area is 214 Å². The lowest BCUT2D eigenvalue weighted by Gasteiger charge is -2.17. The Morgan fingerprint density at radius 3 is 2.11 bits per heavy atom. The van der Waals surface area contributed by atoms with Gasteiger partial charge in [-0.2, -0.15) is 0 Å². The third-order valence-electron chi connectivity index (χ3n) is 6.27. The first-order valence-corrected chi connectivity index (χ1v) is 13.3. The number of hydrogen-bond acceptors (Lipinski definition) is 5. The zero-order valence-corrected chi connectivity index (χ0v) is 20.7. The van der Waals surface area contributed by atoms with Gasteiger partial charge in [-0.1, -0.05) is 48.5 Å². The van der Waals surface area contributed by atoms with Gasteiger partial charge in [0.25, 0.3) is 0 Å². The van der Waals surface area contributed by atoms with Crippen molar-refractivity contribution in [3.05, 3.63) is 89.7 Å². The van der Waals surface area contributed by atoms with E-state index in [1.165, 1.54) is 0 Å². The van der Waals surface area contributed by atoms with E-state index < -0.39 is 33.9 Å². The molecule has 3 N–H and O–H groups in total. The topological polar surface area (TPSA) is 122 Å². The minimum atomic E-state index is -3.79. The minimum absolute atomic E-state index is 0.0609. The second kappa shape index (κ2) is 11.5. The number of halogens is 1. The highest BCUT2D eigenvalue weighted by molar-refractivity contribution is 7.89. The van der Waals surface area contributed by atoms with Gasteiger partial charge < -0.3 is 15.2 Å². The fourth-order valence-corrected chi connectivity index (χ4v) is 5.49. The summed E-state index contributed by atoms with van der Waals surface area (Å²) in [6.07, 6.45) is -0.0488. The molecule has 0 heterocycles. The number of amides is 1. The average molecular weight is 527 g/mol. The van der Waals surface area contributed by atoms with Crippen LogP contribution in [0.3, 0.4) is 0 Å². The van der Waals surface area contributed by atoms with Crippen molar-refractivity contribution in [3.8, 4) is 11.1 Å². The molecule has 37 heavy (non-hydrogen) atoms. The maximum absolute atomic E-state index is 13.0. The van der Waals surface area contributed by atoms with E-state index in [4.69, 9.17) is 4.74 Å². The molecule has 1 aliphatic rings. The Balaban J connectivity index is 1.25. The number of carboxylic acid groups (broad SMARTS) is 1. The average Bonchev–Trinajstić information content (AvgIpc) is 3.20. The highest BCUT2D eigenvalue weighted by atomic mass is 32.2. The van der Waals surface area contributed by atoms with Crippen molar-refractivity contribution in [2.45, 2.75) is 36.1 Å². The predicted octanol–water partition coefficient (Wildman–Crippen LogP) is 4.27. The highest BCUT2D eigenvalue weighted by Crippen LogP contribution is 2.44. The van der Waals surface area contributed by atoms with Gasteiger partial charge in [-0.25, -0.2) is 27.1 Å². The van der Waals surface area contributed by atoms with E-state index in [1.807, 2.05) is 48.5 Å². The Bertz CT molecular complexity index is 1330. The van der Waals surface area contributed by atoms with Crippen LogP contribution in [0.2, 0.25) is 0 Å². The molecule has 194 valence electrons. The Morgan fingerprint density at radius 2 is 1.51 bits per heavy atom. The first-order chi connectivity index (χ1) is 17.8. The fourth-order valence-electron chi connectivity index (χ4n) is 4.42. The van der Waals surface area contributed by atoms with Gasteiger partial charge >= 0.3 is 12.1 Å². The smallest absolute Gasteiger partial charge is 0.407 e. The van der Waals surface area contributed by atoms with Gasteiger partial charge in [-0.15, -0.1) is 0 Å². The van der Waals surface area contributed by atoms with Crippen LogP contribution in [0.5, 0.6) is 0 Å². The lowest BCUT2D eigenvalue weighted by Crippen LogP contribution is -2.41. The molecular formula is C27H27FN2O6S. The van der Waals surface area contributed by atoms with Crippen molar-refractivity contribution in [2.75, 3.05) is 13.2 Å². The van der Waals surface area contributed by atoms with Crippen molar-refractivity contribution in [3.63, 3.8) is 0 Å². The van der Waals surface area contributed by atoms with Crippen molar-refractivity contribution < 1.29 is 32.2 Å². The molecule has 0 fully saturated rings. The molecule has 8 nitrogen and oxygen atoms in total. The maximum atomic E-state index is 13.0. The molecular weight excluding hydrogens is 499 g/mol. The van der Waals surface area contributed by atoms with Crippen molar-refractivity contribution in [1.29, 1.82) is 0 Å². The first kappa shape index (κ1) is 26.3. The summed E-state index contributed by atoms with van der Waals surface area (Å²) >= 11 is 0. The van der Waals surface area contributed by atoms with Gasteiger partial charge in [0, 0.05) is 12.5 Å². The van der Waals surface area contributed by atoms with Crippen LogP contribution in [0.25, 0.3) is 11.1 Å². The maximum Gasteiger partial charge on any atom is 0.407 e. The molecule has 0 aliphatic heterocycles. The van der Waals surface area contributed by atoms with E-state index in [1.54, 1.807) is 0 Å². The zero-order valence-electron chi connectivity index (χ0n) is 19.9. The largest absolute Gasteiger partial charge is 0.480 e. The van der Waals surface area contributed by atoms with Gasteiger partial charge in [-0.05, 0) is 65.8 Å². The Kier molecular flexibility index (Phi) is 8.20. The summed E-state index contributed by atoms with van der Waals surface area (Å²) in [6, 6.07) is 19.1. The number of alkyl carbamates (subject to hydrolysis) is 1. The highest BCUT2D eigenvalue weighted by Gasteiger charge is 2.29. The van der Waals surface area contributed by atoms with Crippen LogP contribution in [0.15, 0.2) is 77.7 Å². The van der Waals surface area contributed by atoms with E-state index in [0.717, 1.165) is 46.5 Å². The van der Waals surface area contributed by atoms with Gasteiger partial charge in [-0.3, -0.25) is 0 Å². The summed E-state index contributed by atoms with van der Waals surface area (Å²) in [5, 5.41) is 11.9.